The van der Waals surface area contributed by atoms with Gasteiger partial charge in [0.1, 0.15) is 12.1 Å². The number of carboxylic acid groups (broad SMARTS) is 1. The van der Waals surface area contributed by atoms with Crippen molar-refractivity contribution in [3.05, 3.63) is 34.6 Å². The molecule has 6 N–H and O–H groups in total. The third kappa shape index (κ3) is 6.32. The second-order valence-corrected chi connectivity index (χ2v) is 10.4. The van der Waals surface area contributed by atoms with E-state index in [4.69, 9.17) is 28.9 Å². The summed E-state index contributed by atoms with van der Waals surface area (Å²) in [6, 6.07) is 0.0892. The molecular formula is C20H26Cl2N6O5S. The van der Waals surface area contributed by atoms with Crippen molar-refractivity contribution in [2.75, 3.05) is 24.1 Å². The van der Waals surface area contributed by atoms with Gasteiger partial charge in [-0.25, -0.2) is 18.2 Å². The number of likely N-dealkylation sites (tertiary alicyclic amines) is 1. The molecule has 3 rings (SSSR count). The van der Waals surface area contributed by atoms with Gasteiger partial charge in [-0.1, -0.05) is 23.2 Å². The quantitative estimate of drug-likeness (QED) is 0.229. The number of carbonyl (C=O) groups excluding carboxylic acids is 1. The van der Waals surface area contributed by atoms with Crippen LogP contribution in [-0.2, 0) is 19.6 Å². The molecule has 2 aromatic rings. The Morgan fingerprint density at radius 1 is 1.29 bits per heavy atom. The summed E-state index contributed by atoms with van der Waals surface area (Å²) in [7, 11) is -4.23. The number of nitrogens with zero attached hydrogens (tertiary/aromatic N) is 2. The fourth-order valence-corrected chi connectivity index (χ4v) is 5.62. The molecule has 1 aliphatic rings. The number of aromatic amines is 1. The Balaban J connectivity index is 1.81. The van der Waals surface area contributed by atoms with Crippen molar-refractivity contribution in [1.29, 1.82) is 0 Å². The van der Waals surface area contributed by atoms with Gasteiger partial charge >= 0.3 is 5.97 Å². The molecule has 34 heavy (non-hydrogen) atoms. The number of imidazole rings is 1. The molecule has 1 aromatic carbocycles. The molecule has 0 saturated carbocycles. The minimum Gasteiger partial charge on any atom is -0.480 e. The molecule has 11 nitrogen and oxygen atoms in total. The summed E-state index contributed by atoms with van der Waals surface area (Å²) >= 11 is 12.0. The van der Waals surface area contributed by atoms with Crippen molar-refractivity contribution in [3.8, 4) is 0 Å². The third-order valence-corrected chi connectivity index (χ3v) is 7.57. The summed E-state index contributed by atoms with van der Waals surface area (Å²) in [6.45, 7) is 0.638. The topological polar surface area (TPSA) is 171 Å². The third-order valence-electron chi connectivity index (χ3n) is 5.49. The van der Waals surface area contributed by atoms with Crippen LogP contribution >= 0.6 is 23.2 Å². The highest BCUT2D eigenvalue weighted by atomic mass is 35.5. The summed E-state index contributed by atoms with van der Waals surface area (Å²) in [5.74, 6) is -1.18. The smallest absolute Gasteiger partial charge is 0.326 e. The van der Waals surface area contributed by atoms with Crippen LogP contribution in [-0.4, -0.2) is 65.4 Å². The van der Waals surface area contributed by atoms with Crippen molar-refractivity contribution in [3.63, 3.8) is 0 Å². The van der Waals surface area contributed by atoms with Crippen LogP contribution in [0.1, 0.15) is 32.1 Å². The van der Waals surface area contributed by atoms with Gasteiger partial charge in [-0.15, -0.1) is 0 Å². The Hall–Kier alpha value is -2.54. The lowest BCUT2D eigenvalue weighted by Crippen LogP contribution is -2.55. The van der Waals surface area contributed by atoms with Crippen LogP contribution in [0.5, 0.6) is 0 Å². The number of benzene rings is 1. The van der Waals surface area contributed by atoms with Crippen LogP contribution in [0.2, 0.25) is 10.0 Å². The van der Waals surface area contributed by atoms with Crippen LogP contribution in [0, 0.1) is 0 Å². The van der Waals surface area contributed by atoms with Gasteiger partial charge in [0.15, 0.2) is 5.95 Å². The number of aromatic nitrogens is 2. The molecule has 0 spiro atoms. The van der Waals surface area contributed by atoms with E-state index >= 15 is 0 Å². The summed E-state index contributed by atoms with van der Waals surface area (Å²) < 4.78 is 28.6. The largest absolute Gasteiger partial charge is 0.480 e. The number of aliphatic carboxylic acids is 1. The molecule has 1 amide bonds. The number of nitrogen functional groups attached to an aromatic ring is 1. The number of hydrogen-bond donors (Lipinski definition) is 5. The normalized spacial score (nSPS) is 17.4. The first-order valence-corrected chi connectivity index (χ1v) is 12.9. The monoisotopic (exact) mass is 532 g/mol. The molecule has 2 heterocycles. The van der Waals surface area contributed by atoms with Gasteiger partial charge in [0.05, 0.1) is 20.6 Å². The Morgan fingerprint density at radius 3 is 2.62 bits per heavy atom. The van der Waals surface area contributed by atoms with Crippen LogP contribution in [0.25, 0.3) is 0 Å². The first-order valence-electron chi connectivity index (χ1n) is 10.6. The number of amides is 1. The zero-order valence-electron chi connectivity index (χ0n) is 18.1. The summed E-state index contributed by atoms with van der Waals surface area (Å²) in [5.41, 5.74) is 5.73. The SMILES string of the molecule is Nc1c(Cl)cc(S(=O)(=O)N[C@@H](CCCNc2ncc[nH]2)C(=O)N2CCCCC2C(=O)O)cc1Cl. The minimum absolute atomic E-state index is 0.0385. The van der Waals surface area contributed by atoms with Gasteiger partial charge in [0.2, 0.25) is 15.9 Å². The molecule has 0 bridgehead atoms. The van der Waals surface area contributed by atoms with Crippen LogP contribution in [0.3, 0.4) is 0 Å². The zero-order valence-corrected chi connectivity index (χ0v) is 20.5. The number of sulfonamides is 1. The Morgan fingerprint density at radius 2 is 2.00 bits per heavy atom. The molecule has 0 aliphatic carbocycles. The molecule has 1 saturated heterocycles. The molecule has 0 radical (unpaired) electrons. The highest BCUT2D eigenvalue weighted by Crippen LogP contribution is 2.31. The highest BCUT2D eigenvalue weighted by Gasteiger charge is 2.37. The maximum absolute atomic E-state index is 13.4. The first-order chi connectivity index (χ1) is 16.1. The number of rotatable bonds is 10. The molecule has 14 heteroatoms. The number of anilines is 2. The van der Waals surface area contributed by atoms with E-state index in [1.807, 2.05) is 0 Å². The van der Waals surface area contributed by atoms with E-state index in [2.05, 4.69) is 20.0 Å². The summed E-state index contributed by atoms with van der Waals surface area (Å²) in [5, 5.41) is 12.5. The lowest BCUT2D eigenvalue weighted by Gasteiger charge is -2.35. The highest BCUT2D eigenvalue weighted by molar-refractivity contribution is 7.89. The average molecular weight is 533 g/mol. The standard InChI is InChI=1S/C20H26Cl2N6O5S/c21-13-10-12(11-14(22)17(13)23)34(32,33)27-15(4-3-6-24-20-25-7-8-26-20)18(29)28-9-2-1-5-16(28)19(30)31/h7-8,10-11,15-16,27H,1-6,9,23H2,(H,30,31)(H2,24,25,26)/t15-,16?/m0/s1. The predicted octanol–water partition coefficient (Wildman–Crippen LogP) is 2.30. The minimum atomic E-state index is -4.23. The van der Waals surface area contributed by atoms with Gasteiger partial charge in [0.25, 0.3) is 0 Å². The molecule has 1 unspecified atom stereocenters. The van der Waals surface area contributed by atoms with Gasteiger partial charge < -0.3 is 26.0 Å². The van der Waals surface area contributed by atoms with Gasteiger partial charge in [-0.2, -0.15) is 4.72 Å². The number of carbonyl (C=O) groups is 2. The van der Waals surface area contributed by atoms with Gasteiger partial charge in [0, 0.05) is 25.5 Å². The lowest BCUT2D eigenvalue weighted by molar-refractivity contribution is -0.152. The lowest BCUT2D eigenvalue weighted by atomic mass is 10.00. The number of nitrogens with one attached hydrogen (secondary N) is 3. The fourth-order valence-electron chi connectivity index (χ4n) is 3.73. The van der Waals surface area contributed by atoms with E-state index in [-0.39, 0.29) is 33.6 Å². The van der Waals surface area contributed by atoms with Crippen molar-refractivity contribution < 1.29 is 23.1 Å². The molecule has 1 aliphatic heterocycles. The second kappa shape index (κ2) is 11.3. The van der Waals surface area contributed by atoms with Gasteiger partial charge in [-0.3, -0.25) is 4.79 Å². The van der Waals surface area contributed by atoms with Crippen LogP contribution in [0.15, 0.2) is 29.4 Å². The van der Waals surface area contributed by atoms with Crippen LogP contribution < -0.4 is 15.8 Å². The molecule has 1 aromatic heterocycles. The van der Waals surface area contributed by atoms with Crippen molar-refractivity contribution in [1.82, 2.24) is 19.6 Å². The Labute approximate surface area is 207 Å². The number of piperidine rings is 1. The van der Waals surface area contributed by atoms with E-state index in [1.54, 1.807) is 12.4 Å². The summed E-state index contributed by atoms with van der Waals surface area (Å²) in [6.07, 6.45) is 5.36. The number of nitrogens with two attached hydrogens (primary N) is 1. The molecule has 186 valence electrons. The molecule has 2 atom stereocenters. The molecular weight excluding hydrogens is 507 g/mol. The molecule has 1 fully saturated rings. The predicted molar refractivity (Wildman–Crippen MR) is 128 cm³/mol. The second-order valence-electron chi connectivity index (χ2n) is 7.86. The van der Waals surface area contributed by atoms with Crippen molar-refractivity contribution >= 4 is 56.7 Å². The van der Waals surface area contributed by atoms with E-state index in [1.165, 1.54) is 4.90 Å². The van der Waals surface area contributed by atoms with E-state index in [9.17, 15) is 23.1 Å². The average Bonchev–Trinajstić information content (AvgIpc) is 3.32. The summed E-state index contributed by atoms with van der Waals surface area (Å²) in [4.78, 5) is 33.0. The number of halogens is 2. The van der Waals surface area contributed by atoms with E-state index in [0.29, 0.717) is 38.2 Å². The van der Waals surface area contributed by atoms with Crippen LogP contribution in [0.4, 0.5) is 11.6 Å². The Bertz CT molecular complexity index is 1110. The fraction of sp³-hybridized carbons (Fsp3) is 0.450. The maximum atomic E-state index is 13.4. The Kier molecular flexibility index (Phi) is 8.63. The number of hydrogen-bond acceptors (Lipinski definition) is 7. The zero-order chi connectivity index (χ0) is 24.9. The van der Waals surface area contributed by atoms with Crippen molar-refractivity contribution in [2.24, 2.45) is 0 Å². The maximum Gasteiger partial charge on any atom is 0.326 e. The number of H-pyrrole nitrogens is 1. The van der Waals surface area contributed by atoms with E-state index < -0.39 is 34.0 Å². The number of carboxylic acids is 1. The van der Waals surface area contributed by atoms with Crippen molar-refractivity contribution in [2.45, 2.75) is 49.1 Å². The van der Waals surface area contributed by atoms with Gasteiger partial charge in [-0.05, 0) is 44.2 Å². The first kappa shape index (κ1) is 26.1. The van der Waals surface area contributed by atoms with E-state index in [0.717, 1.165) is 12.1 Å².